The van der Waals surface area contributed by atoms with Gasteiger partial charge in [-0.2, -0.15) is 0 Å². The van der Waals surface area contributed by atoms with Crippen molar-refractivity contribution >= 4 is 0 Å². The fraction of sp³-hybridized carbons (Fsp3) is 0.700. The minimum Gasteiger partial charge on any atom is -0.349 e. The molecule has 2 rings (SSSR count). The summed E-state index contributed by atoms with van der Waals surface area (Å²) in [5.41, 5.74) is 0. The van der Waals surface area contributed by atoms with Crippen molar-refractivity contribution < 1.29 is 0 Å². The van der Waals surface area contributed by atoms with Gasteiger partial charge in [-0.15, -0.1) is 0 Å². The van der Waals surface area contributed by atoms with Gasteiger partial charge < -0.3 is 15.6 Å². The van der Waals surface area contributed by atoms with Crippen LogP contribution in [0.3, 0.4) is 0 Å². The predicted molar refractivity (Wildman–Crippen MR) is 56.2 cm³/mol. The Morgan fingerprint density at radius 2 is 2.57 bits per heavy atom. The highest BCUT2D eigenvalue weighted by molar-refractivity contribution is 4.88. The fourth-order valence-electron chi connectivity index (χ4n) is 1.86. The van der Waals surface area contributed by atoms with E-state index < -0.39 is 0 Å². The molecule has 0 amide bonds. The van der Waals surface area contributed by atoms with E-state index in [0.717, 1.165) is 25.3 Å². The molecule has 0 aromatic carbocycles. The summed E-state index contributed by atoms with van der Waals surface area (Å²) in [5, 5.41) is 6.93. The van der Waals surface area contributed by atoms with Crippen LogP contribution in [0, 0.1) is 0 Å². The minimum absolute atomic E-state index is 0.652. The number of hydrogen-bond acceptors (Lipinski definition) is 3. The van der Waals surface area contributed by atoms with Gasteiger partial charge in [-0.1, -0.05) is 0 Å². The zero-order chi connectivity index (χ0) is 9.64. The SMILES string of the molecule is c1c[nH]c(CCNC2CCCNC2)n1. The second-order valence-electron chi connectivity index (χ2n) is 3.78. The van der Waals surface area contributed by atoms with E-state index in [-0.39, 0.29) is 0 Å². The number of imidazole rings is 1. The highest BCUT2D eigenvalue weighted by Crippen LogP contribution is 2.00. The van der Waals surface area contributed by atoms with Gasteiger partial charge in [0.2, 0.25) is 0 Å². The number of hydrogen-bond donors (Lipinski definition) is 3. The smallest absolute Gasteiger partial charge is 0.107 e. The summed E-state index contributed by atoms with van der Waals surface area (Å²) in [6.45, 7) is 3.30. The molecule has 3 N–H and O–H groups in total. The predicted octanol–water partition coefficient (Wildman–Crippen LogP) is 0.294. The van der Waals surface area contributed by atoms with Crippen molar-refractivity contribution in [2.45, 2.75) is 25.3 Å². The summed E-state index contributed by atoms with van der Waals surface area (Å²) < 4.78 is 0. The first kappa shape index (κ1) is 9.68. The van der Waals surface area contributed by atoms with Crippen molar-refractivity contribution in [2.75, 3.05) is 19.6 Å². The standard InChI is InChI=1S/C10H18N4/c1-2-9(8-11-4-1)12-5-3-10-13-6-7-14-10/h6-7,9,11-12H,1-5,8H2,(H,13,14). The zero-order valence-electron chi connectivity index (χ0n) is 8.42. The topological polar surface area (TPSA) is 52.7 Å². The molecule has 14 heavy (non-hydrogen) atoms. The lowest BCUT2D eigenvalue weighted by Gasteiger charge is -2.23. The van der Waals surface area contributed by atoms with E-state index in [9.17, 15) is 0 Å². The normalized spacial score (nSPS) is 22.4. The van der Waals surface area contributed by atoms with Gasteiger partial charge in [-0.05, 0) is 19.4 Å². The molecule has 1 aliphatic heterocycles. The molecule has 0 spiro atoms. The average Bonchev–Trinajstić information content (AvgIpc) is 2.72. The number of aromatic amines is 1. The monoisotopic (exact) mass is 194 g/mol. The molecule has 0 bridgehead atoms. The van der Waals surface area contributed by atoms with Crippen LogP contribution in [0.2, 0.25) is 0 Å². The maximum Gasteiger partial charge on any atom is 0.107 e. The van der Waals surface area contributed by atoms with Crippen molar-refractivity contribution in [3.8, 4) is 0 Å². The number of rotatable bonds is 4. The Bertz CT molecular complexity index is 239. The van der Waals surface area contributed by atoms with Crippen molar-refractivity contribution in [1.82, 2.24) is 20.6 Å². The molecule has 2 heterocycles. The van der Waals surface area contributed by atoms with Crippen molar-refractivity contribution in [2.24, 2.45) is 0 Å². The Kier molecular flexibility index (Phi) is 3.54. The van der Waals surface area contributed by atoms with E-state index in [1.165, 1.54) is 19.4 Å². The summed E-state index contributed by atoms with van der Waals surface area (Å²) in [6, 6.07) is 0.652. The summed E-state index contributed by atoms with van der Waals surface area (Å²) in [4.78, 5) is 7.30. The van der Waals surface area contributed by atoms with Gasteiger partial charge >= 0.3 is 0 Å². The van der Waals surface area contributed by atoms with E-state index in [4.69, 9.17) is 0 Å². The first-order valence-corrected chi connectivity index (χ1v) is 5.37. The molecule has 1 aromatic heterocycles. The molecule has 1 unspecified atom stereocenters. The Hall–Kier alpha value is -0.870. The zero-order valence-corrected chi connectivity index (χ0v) is 8.42. The molecule has 1 fully saturated rings. The van der Waals surface area contributed by atoms with Gasteiger partial charge in [0.1, 0.15) is 5.82 Å². The number of nitrogens with zero attached hydrogens (tertiary/aromatic N) is 1. The van der Waals surface area contributed by atoms with Crippen LogP contribution in [0.4, 0.5) is 0 Å². The van der Waals surface area contributed by atoms with Gasteiger partial charge in [0.05, 0.1) is 0 Å². The number of piperidine rings is 1. The number of aromatic nitrogens is 2. The highest BCUT2D eigenvalue weighted by atomic mass is 15.0. The van der Waals surface area contributed by atoms with Gasteiger partial charge in [0.25, 0.3) is 0 Å². The molecule has 78 valence electrons. The van der Waals surface area contributed by atoms with Crippen LogP contribution in [0.15, 0.2) is 12.4 Å². The molecular weight excluding hydrogens is 176 g/mol. The average molecular weight is 194 g/mol. The second-order valence-corrected chi connectivity index (χ2v) is 3.78. The third kappa shape index (κ3) is 2.82. The molecular formula is C10H18N4. The van der Waals surface area contributed by atoms with Crippen molar-refractivity contribution in [1.29, 1.82) is 0 Å². The molecule has 4 heteroatoms. The van der Waals surface area contributed by atoms with Gasteiger partial charge in [-0.25, -0.2) is 4.98 Å². The summed E-state index contributed by atoms with van der Waals surface area (Å²) in [6.07, 6.45) is 7.25. The Balaban J connectivity index is 1.62. The maximum absolute atomic E-state index is 4.19. The largest absolute Gasteiger partial charge is 0.349 e. The summed E-state index contributed by atoms with van der Waals surface area (Å²) in [5.74, 6) is 1.07. The van der Waals surface area contributed by atoms with Crippen LogP contribution in [0.25, 0.3) is 0 Å². The summed E-state index contributed by atoms with van der Waals surface area (Å²) >= 11 is 0. The van der Waals surface area contributed by atoms with E-state index in [0.29, 0.717) is 6.04 Å². The number of H-pyrrole nitrogens is 1. The van der Waals surface area contributed by atoms with Crippen LogP contribution in [0.1, 0.15) is 18.7 Å². The minimum atomic E-state index is 0.652. The quantitative estimate of drug-likeness (QED) is 0.646. The Morgan fingerprint density at radius 1 is 1.57 bits per heavy atom. The fourth-order valence-corrected chi connectivity index (χ4v) is 1.86. The van der Waals surface area contributed by atoms with E-state index in [1.54, 1.807) is 6.20 Å². The molecule has 0 aliphatic carbocycles. The molecule has 1 aliphatic rings. The molecule has 4 nitrogen and oxygen atoms in total. The molecule has 1 aromatic rings. The van der Waals surface area contributed by atoms with Crippen LogP contribution in [-0.2, 0) is 6.42 Å². The van der Waals surface area contributed by atoms with Gasteiger partial charge in [0, 0.05) is 37.9 Å². The molecule has 0 radical (unpaired) electrons. The third-order valence-electron chi connectivity index (χ3n) is 2.65. The van der Waals surface area contributed by atoms with Crippen LogP contribution < -0.4 is 10.6 Å². The molecule has 1 saturated heterocycles. The maximum atomic E-state index is 4.19. The van der Waals surface area contributed by atoms with Crippen LogP contribution >= 0.6 is 0 Å². The lowest BCUT2D eigenvalue weighted by atomic mass is 10.1. The van der Waals surface area contributed by atoms with Crippen molar-refractivity contribution in [3.63, 3.8) is 0 Å². The second kappa shape index (κ2) is 5.12. The lowest BCUT2D eigenvalue weighted by Crippen LogP contribution is -2.43. The first-order chi connectivity index (χ1) is 6.95. The Morgan fingerprint density at radius 3 is 3.29 bits per heavy atom. The third-order valence-corrected chi connectivity index (χ3v) is 2.65. The van der Waals surface area contributed by atoms with E-state index in [1.807, 2.05) is 6.20 Å². The lowest BCUT2D eigenvalue weighted by molar-refractivity contribution is 0.391. The highest BCUT2D eigenvalue weighted by Gasteiger charge is 2.11. The van der Waals surface area contributed by atoms with E-state index in [2.05, 4.69) is 20.6 Å². The summed E-state index contributed by atoms with van der Waals surface area (Å²) in [7, 11) is 0. The Labute approximate surface area is 84.5 Å². The number of nitrogens with one attached hydrogen (secondary N) is 3. The van der Waals surface area contributed by atoms with Crippen molar-refractivity contribution in [3.05, 3.63) is 18.2 Å². The van der Waals surface area contributed by atoms with Gasteiger partial charge in [-0.3, -0.25) is 0 Å². The molecule has 1 atom stereocenters. The van der Waals surface area contributed by atoms with Crippen LogP contribution in [0.5, 0.6) is 0 Å². The molecule has 0 saturated carbocycles. The first-order valence-electron chi connectivity index (χ1n) is 5.37. The van der Waals surface area contributed by atoms with E-state index >= 15 is 0 Å². The van der Waals surface area contributed by atoms with Gasteiger partial charge in [0.15, 0.2) is 0 Å². The van der Waals surface area contributed by atoms with Crippen LogP contribution in [-0.4, -0.2) is 35.6 Å².